The van der Waals surface area contributed by atoms with Crippen LogP contribution in [0.1, 0.15) is 18.5 Å². The Kier molecular flexibility index (Phi) is 4.12. The second-order valence-electron chi connectivity index (χ2n) is 5.51. The lowest BCUT2D eigenvalue weighted by molar-refractivity contribution is -0.125. The summed E-state index contributed by atoms with van der Waals surface area (Å²) in [6.45, 7) is 2.69. The Morgan fingerprint density at radius 2 is 2.14 bits per heavy atom. The van der Waals surface area contributed by atoms with Crippen molar-refractivity contribution in [2.75, 3.05) is 20.1 Å². The number of fused-ring (bicyclic) bond motifs is 1. The quantitative estimate of drug-likeness (QED) is 0.943. The third kappa shape index (κ3) is 3.19. The predicted octanol–water partition coefficient (Wildman–Crippen LogP) is 1.95. The van der Waals surface area contributed by atoms with Crippen LogP contribution in [0, 0.1) is 5.92 Å². The van der Waals surface area contributed by atoms with Gasteiger partial charge in [-0.1, -0.05) is 11.6 Å². The number of nitrogens with zero attached hydrogens (tertiary/aromatic N) is 3. The molecule has 6 heteroatoms. The number of amides is 1. The lowest BCUT2D eigenvalue weighted by Crippen LogP contribution is -2.39. The van der Waals surface area contributed by atoms with Gasteiger partial charge in [0, 0.05) is 31.9 Å². The SMILES string of the molecule is CNC(=O)C1CCN(Cc2cn3cc(Cl)ccc3n2)CC1. The van der Waals surface area contributed by atoms with Gasteiger partial charge in [-0.2, -0.15) is 0 Å². The van der Waals surface area contributed by atoms with E-state index in [9.17, 15) is 4.79 Å². The standard InChI is InChI=1S/C15H19ClN4O/c1-17-15(21)11-4-6-19(7-5-11)9-13-10-20-8-12(16)2-3-14(20)18-13/h2-3,8,10-11H,4-7,9H2,1H3,(H,17,21). The Morgan fingerprint density at radius 1 is 1.38 bits per heavy atom. The highest BCUT2D eigenvalue weighted by atomic mass is 35.5. The normalized spacial score (nSPS) is 17.2. The fourth-order valence-corrected chi connectivity index (χ4v) is 3.05. The van der Waals surface area contributed by atoms with Gasteiger partial charge in [-0.05, 0) is 38.1 Å². The van der Waals surface area contributed by atoms with Gasteiger partial charge in [0.1, 0.15) is 5.65 Å². The van der Waals surface area contributed by atoms with Crippen LogP contribution in [0.2, 0.25) is 5.02 Å². The van der Waals surface area contributed by atoms with Gasteiger partial charge in [-0.3, -0.25) is 9.69 Å². The molecule has 1 N–H and O–H groups in total. The lowest BCUT2D eigenvalue weighted by Gasteiger charge is -2.30. The summed E-state index contributed by atoms with van der Waals surface area (Å²) in [5.41, 5.74) is 1.95. The van der Waals surface area contributed by atoms with Gasteiger partial charge >= 0.3 is 0 Å². The summed E-state index contributed by atoms with van der Waals surface area (Å²) in [6, 6.07) is 3.77. The van der Waals surface area contributed by atoms with Crippen molar-refractivity contribution < 1.29 is 4.79 Å². The summed E-state index contributed by atoms with van der Waals surface area (Å²) in [5, 5.41) is 3.44. The molecule has 3 rings (SSSR count). The molecule has 1 aliphatic rings. The first kappa shape index (κ1) is 14.4. The van der Waals surface area contributed by atoms with Crippen LogP contribution >= 0.6 is 11.6 Å². The lowest BCUT2D eigenvalue weighted by atomic mass is 9.96. The summed E-state index contributed by atoms with van der Waals surface area (Å²) >= 11 is 5.98. The largest absolute Gasteiger partial charge is 0.359 e. The van der Waals surface area contributed by atoms with Crippen LogP contribution in [-0.4, -0.2) is 40.3 Å². The maximum atomic E-state index is 11.6. The smallest absolute Gasteiger partial charge is 0.222 e. The van der Waals surface area contributed by atoms with Crippen molar-refractivity contribution >= 4 is 23.2 Å². The van der Waals surface area contributed by atoms with Crippen molar-refractivity contribution in [3.8, 4) is 0 Å². The van der Waals surface area contributed by atoms with Crippen LogP contribution in [0.5, 0.6) is 0 Å². The van der Waals surface area contributed by atoms with E-state index in [2.05, 4.69) is 15.2 Å². The number of hydrogen-bond acceptors (Lipinski definition) is 3. The number of hydrogen-bond donors (Lipinski definition) is 1. The first-order valence-corrected chi connectivity index (χ1v) is 7.60. The highest BCUT2D eigenvalue weighted by molar-refractivity contribution is 6.30. The number of rotatable bonds is 3. The molecule has 0 atom stereocenters. The minimum Gasteiger partial charge on any atom is -0.359 e. The summed E-state index contributed by atoms with van der Waals surface area (Å²) in [7, 11) is 1.70. The van der Waals surface area contributed by atoms with E-state index in [0.29, 0.717) is 5.02 Å². The number of imidazole rings is 1. The van der Waals surface area contributed by atoms with E-state index in [1.165, 1.54) is 0 Å². The summed E-state index contributed by atoms with van der Waals surface area (Å²) in [5.74, 6) is 0.322. The van der Waals surface area contributed by atoms with Crippen molar-refractivity contribution in [3.63, 3.8) is 0 Å². The van der Waals surface area contributed by atoms with E-state index in [4.69, 9.17) is 11.6 Å². The molecule has 0 spiro atoms. The number of piperidine rings is 1. The molecule has 1 aliphatic heterocycles. The molecule has 1 amide bonds. The molecule has 0 radical (unpaired) electrons. The number of pyridine rings is 1. The van der Waals surface area contributed by atoms with Crippen molar-refractivity contribution in [1.29, 1.82) is 0 Å². The van der Waals surface area contributed by atoms with Crippen molar-refractivity contribution in [3.05, 3.63) is 35.2 Å². The Balaban J connectivity index is 1.63. The topological polar surface area (TPSA) is 49.6 Å². The maximum absolute atomic E-state index is 11.6. The first-order chi connectivity index (χ1) is 10.2. The molecule has 21 heavy (non-hydrogen) atoms. The Bertz CT molecular complexity index is 646. The minimum absolute atomic E-state index is 0.158. The number of carbonyl (C=O) groups is 1. The van der Waals surface area contributed by atoms with Crippen LogP contribution in [0.15, 0.2) is 24.5 Å². The molecule has 0 bridgehead atoms. The molecule has 0 aliphatic carbocycles. The van der Waals surface area contributed by atoms with Crippen molar-refractivity contribution in [2.45, 2.75) is 19.4 Å². The maximum Gasteiger partial charge on any atom is 0.222 e. The zero-order chi connectivity index (χ0) is 14.8. The van der Waals surface area contributed by atoms with E-state index in [1.807, 2.05) is 28.9 Å². The molecular weight excluding hydrogens is 288 g/mol. The van der Waals surface area contributed by atoms with Crippen LogP contribution < -0.4 is 5.32 Å². The monoisotopic (exact) mass is 306 g/mol. The second kappa shape index (κ2) is 6.03. The van der Waals surface area contributed by atoms with Gasteiger partial charge in [0.05, 0.1) is 10.7 Å². The molecule has 0 unspecified atom stereocenters. The zero-order valence-electron chi connectivity index (χ0n) is 12.1. The number of likely N-dealkylation sites (tertiary alicyclic amines) is 1. The molecular formula is C15H19ClN4O. The molecule has 3 heterocycles. The molecule has 0 saturated carbocycles. The third-order valence-corrected chi connectivity index (χ3v) is 4.28. The van der Waals surface area contributed by atoms with E-state index in [1.54, 1.807) is 7.05 Å². The van der Waals surface area contributed by atoms with Gasteiger partial charge < -0.3 is 9.72 Å². The second-order valence-corrected chi connectivity index (χ2v) is 5.95. The average molecular weight is 307 g/mol. The molecule has 0 aromatic carbocycles. The van der Waals surface area contributed by atoms with Crippen LogP contribution in [-0.2, 0) is 11.3 Å². The van der Waals surface area contributed by atoms with Crippen molar-refractivity contribution in [1.82, 2.24) is 19.6 Å². The van der Waals surface area contributed by atoms with E-state index >= 15 is 0 Å². The van der Waals surface area contributed by atoms with Crippen LogP contribution in [0.3, 0.4) is 0 Å². The van der Waals surface area contributed by atoms with Crippen LogP contribution in [0.25, 0.3) is 5.65 Å². The van der Waals surface area contributed by atoms with E-state index in [0.717, 1.165) is 43.8 Å². The number of nitrogens with one attached hydrogen (secondary N) is 1. The summed E-state index contributed by atoms with van der Waals surface area (Å²) in [4.78, 5) is 18.6. The minimum atomic E-state index is 0.158. The van der Waals surface area contributed by atoms with Crippen molar-refractivity contribution in [2.24, 2.45) is 5.92 Å². The van der Waals surface area contributed by atoms with Gasteiger partial charge in [0.25, 0.3) is 0 Å². The van der Waals surface area contributed by atoms with Gasteiger partial charge in [-0.15, -0.1) is 0 Å². The fraction of sp³-hybridized carbons (Fsp3) is 0.467. The summed E-state index contributed by atoms with van der Waals surface area (Å²) < 4.78 is 1.95. The molecule has 1 saturated heterocycles. The molecule has 112 valence electrons. The average Bonchev–Trinajstić information content (AvgIpc) is 2.88. The summed E-state index contributed by atoms with van der Waals surface area (Å²) in [6.07, 6.45) is 5.72. The fourth-order valence-electron chi connectivity index (χ4n) is 2.88. The number of halogens is 1. The number of aromatic nitrogens is 2. The molecule has 1 fully saturated rings. The Morgan fingerprint density at radius 3 is 2.86 bits per heavy atom. The van der Waals surface area contributed by atoms with Gasteiger partial charge in [0.15, 0.2) is 0 Å². The molecule has 5 nitrogen and oxygen atoms in total. The Hall–Kier alpha value is -1.59. The third-order valence-electron chi connectivity index (χ3n) is 4.06. The Labute approximate surface area is 128 Å². The van der Waals surface area contributed by atoms with E-state index in [-0.39, 0.29) is 11.8 Å². The highest BCUT2D eigenvalue weighted by Gasteiger charge is 2.24. The number of carbonyl (C=O) groups excluding carboxylic acids is 1. The molecule has 2 aromatic rings. The van der Waals surface area contributed by atoms with Crippen LogP contribution in [0.4, 0.5) is 0 Å². The predicted molar refractivity (Wildman–Crippen MR) is 82.3 cm³/mol. The van der Waals surface area contributed by atoms with Gasteiger partial charge in [-0.25, -0.2) is 4.98 Å². The molecule has 2 aromatic heterocycles. The zero-order valence-corrected chi connectivity index (χ0v) is 12.8. The van der Waals surface area contributed by atoms with Gasteiger partial charge in [0.2, 0.25) is 5.91 Å². The van der Waals surface area contributed by atoms with E-state index < -0.39 is 0 Å². The first-order valence-electron chi connectivity index (χ1n) is 7.23. The highest BCUT2D eigenvalue weighted by Crippen LogP contribution is 2.19.